The maximum absolute atomic E-state index is 10.6. The van der Waals surface area contributed by atoms with Gasteiger partial charge in [-0.05, 0) is 29.7 Å². The van der Waals surface area contributed by atoms with Crippen molar-refractivity contribution in [3.63, 3.8) is 0 Å². The Bertz CT molecular complexity index is 366. The number of halogens is 1. The molecule has 1 aromatic carbocycles. The number of carboxylic acids is 1. The number of carboxylic acid groups (broad SMARTS) is 1. The molecule has 0 aliphatic rings. The summed E-state index contributed by atoms with van der Waals surface area (Å²) < 4.78 is 0.991. The highest BCUT2D eigenvalue weighted by atomic mass is 79.9. The molecule has 1 atom stereocenters. The van der Waals surface area contributed by atoms with Crippen molar-refractivity contribution in [2.45, 2.75) is 25.8 Å². The molecule has 0 heterocycles. The van der Waals surface area contributed by atoms with E-state index in [1.165, 1.54) is 0 Å². The standard InChI is InChI=1S/C11H14BrNO2/c1-2-7-5-8(12)3-4-9(7)10(13)6-11(14)15/h3-5,10H,2,6,13H2,1H3,(H,14,15). The highest BCUT2D eigenvalue weighted by Gasteiger charge is 2.13. The summed E-state index contributed by atoms with van der Waals surface area (Å²) in [4.78, 5) is 10.6. The Morgan fingerprint density at radius 2 is 2.27 bits per heavy atom. The molecule has 4 heteroatoms. The summed E-state index contributed by atoms with van der Waals surface area (Å²) in [7, 11) is 0. The lowest BCUT2D eigenvalue weighted by Crippen LogP contribution is -2.16. The molecular formula is C11H14BrNO2. The zero-order valence-corrected chi connectivity index (χ0v) is 10.1. The minimum absolute atomic E-state index is 0.0331. The average Bonchev–Trinajstić information content (AvgIpc) is 2.16. The minimum Gasteiger partial charge on any atom is -0.481 e. The van der Waals surface area contributed by atoms with Gasteiger partial charge in [0.05, 0.1) is 6.42 Å². The number of benzene rings is 1. The summed E-state index contributed by atoms with van der Waals surface area (Å²) >= 11 is 3.38. The van der Waals surface area contributed by atoms with Crippen LogP contribution in [0, 0.1) is 0 Å². The third kappa shape index (κ3) is 3.32. The van der Waals surface area contributed by atoms with Gasteiger partial charge in [0.15, 0.2) is 0 Å². The smallest absolute Gasteiger partial charge is 0.305 e. The van der Waals surface area contributed by atoms with E-state index in [9.17, 15) is 4.79 Å². The van der Waals surface area contributed by atoms with Gasteiger partial charge in [-0.2, -0.15) is 0 Å². The van der Waals surface area contributed by atoms with Crippen LogP contribution in [0.2, 0.25) is 0 Å². The number of hydrogen-bond acceptors (Lipinski definition) is 2. The third-order valence-electron chi connectivity index (χ3n) is 2.28. The molecule has 1 aromatic rings. The van der Waals surface area contributed by atoms with Crippen molar-refractivity contribution in [1.29, 1.82) is 0 Å². The van der Waals surface area contributed by atoms with Crippen molar-refractivity contribution in [1.82, 2.24) is 0 Å². The van der Waals surface area contributed by atoms with Crippen molar-refractivity contribution in [2.75, 3.05) is 0 Å². The van der Waals surface area contributed by atoms with Gasteiger partial charge in [0.2, 0.25) is 0 Å². The fraction of sp³-hybridized carbons (Fsp3) is 0.364. The topological polar surface area (TPSA) is 63.3 Å². The van der Waals surface area contributed by atoms with Crippen molar-refractivity contribution in [3.05, 3.63) is 33.8 Å². The summed E-state index contributed by atoms with van der Waals surface area (Å²) in [5.74, 6) is -0.868. The molecule has 82 valence electrons. The first kappa shape index (κ1) is 12.2. The van der Waals surface area contributed by atoms with Gasteiger partial charge in [-0.25, -0.2) is 0 Å². The maximum atomic E-state index is 10.6. The van der Waals surface area contributed by atoms with Crippen LogP contribution in [-0.4, -0.2) is 11.1 Å². The Kier molecular flexibility index (Phi) is 4.29. The van der Waals surface area contributed by atoms with Gasteiger partial charge in [0.1, 0.15) is 0 Å². The van der Waals surface area contributed by atoms with Crippen molar-refractivity contribution < 1.29 is 9.90 Å². The molecule has 0 aliphatic carbocycles. The van der Waals surface area contributed by atoms with Crippen molar-refractivity contribution in [2.24, 2.45) is 5.73 Å². The Morgan fingerprint density at radius 3 is 2.80 bits per heavy atom. The van der Waals surface area contributed by atoms with Gasteiger partial charge in [0, 0.05) is 10.5 Å². The largest absolute Gasteiger partial charge is 0.481 e. The first-order valence-electron chi connectivity index (χ1n) is 4.80. The van der Waals surface area contributed by atoms with Gasteiger partial charge >= 0.3 is 5.97 Å². The minimum atomic E-state index is -0.868. The fourth-order valence-electron chi connectivity index (χ4n) is 1.54. The van der Waals surface area contributed by atoms with Crippen LogP contribution in [0.4, 0.5) is 0 Å². The van der Waals surface area contributed by atoms with Crippen LogP contribution in [0.5, 0.6) is 0 Å². The summed E-state index contributed by atoms with van der Waals surface area (Å²) in [6.45, 7) is 2.03. The van der Waals surface area contributed by atoms with Gasteiger partial charge in [-0.1, -0.05) is 28.9 Å². The number of aliphatic carboxylic acids is 1. The number of hydrogen-bond donors (Lipinski definition) is 2. The number of aryl methyl sites for hydroxylation is 1. The van der Waals surface area contributed by atoms with Gasteiger partial charge < -0.3 is 10.8 Å². The summed E-state index contributed by atoms with van der Waals surface area (Å²) in [6, 6.07) is 5.33. The summed E-state index contributed by atoms with van der Waals surface area (Å²) in [5, 5.41) is 8.67. The molecule has 3 N–H and O–H groups in total. The SMILES string of the molecule is CCc1cc(Br)ccc1C(N)CC(=O)O. The van der Waals surface area contributed by atoms with E-state index >= 15 is 0 Å². The monoisotopic (exact) mass is 271 g/mol. The predicted molar refractivity (Wildman–Crippen MR) is 62.7 cm³/mol. The van der Waals surface area contributed by atoms with Crippen molar-refractivity contribution >= 4 is 21.9 Å². The highest BCUT2D eigenvalue weighted by Crippen LogP contribution is 2.23. The summed E-state index contributed by atoms with van der Waals surface area (Å²) in [6.07, 6.45) is 0.816. The molecule has 1 rings (SSSR count). The lowest BCUT2D eigenvalue weighted by atomic mass is 9.97. The number of nitrogens with two attached hydrogens (primary N) is 1. The van der Waals surface area contributed by atoms with E-state index in [-0.39, 0.29) is 6.42 Å². The first-order chi connectivity index (χ1) is 7.04. The zero-order valence-electron chi connectivity index (χ0n) is 8.53. The molecular weight excluding hydrogens is 258 g/mol. The van der Waals surface area contributed by atoms with Gasteiger partial charge in [-0.15, -0.1) is 0 Å². The van der Waals surface area contributed by atoms with Crippen LogP contribution >= 0.6 is 15.9 Å². The summed E-state index contributed by atoms with van der Waals surface area (Å²) in [5.41, 5.74) is 7.84. The second-order valence-electron chi connectivity index (χ2n) is 3.40. The number of carbonyl (C=O) groups is 1. The molecule has 0 radical (unpaired) electrons. The second-order valence-corrected chi connectivity index (χ2v) is 4.32. The molecule has 0 fully saturated rings. The fourth-order valence-corrected chi connectivity index (χ4v) is 1.95. The second kappa shape index (κ2) is 5.28. The zero-order chi connectivity index (χ0) is 11.4. The van der Waals surface area contributed by atoms with E-state index < -0.39 is 12.0 Å². The van der Waals surface area contributed by atoms with E-state index in [1.807, 2.05) is 25.1 Å². The Labute approximate surface area is 97.4 Å². The highest BCUT2D eigenvalue weighted by molar-refractivity contribution is 9.10. The van der Waals surface area contributed by atoms with Crippen LogP contribution in [-0.2, 0) is 11.2 Å². The molecule has 0 aromatic heterocycles. The quantitative estimate of drug-likeness (QED) is 0.885. The van der Waals surface area contributed by atoms with E-state index in [4.69, 9.17) is 10.8 Å². The van der Waals surface area contributed by atoms with Crippen LogP contribution in [0.25, 0.3) is 0 Å². The lowest BCUT2D eigenvalue weighted by molar-refractivity contribution is -0.137. The van der Waals surface area contributed by atoms with Crippen LogP contribution < -0.4 is 5.73 Å². The Hall–Kier alpha value is -0.870. The molecule has 0 aliphatic heterocycles. The van der Waals surface area contributed by atoms with E-state index in [0.29, 0.717) is 0 Å². The molecule has 3 nitrogen and oxygen atoms in total. The third-order valence-corrected chi connectivity index (χ3v) is 2.77. The van der Waals surface area contributed by atoms with Gasteiger partial charge in [0.25, 0.3) is 0 Å². The van der Waals surface area contributed by atoms with Crippen molar-refractivity contribution in [3.8, 4) is 0 Å². The predicted octanol–water partition coefficient (Wildman–Crippen LogP) is 2.49. The number of rotatable bonds is 4. The molecule has 0 spiro atoms. The van der Waals surface area contributed by atoms with Gasteiger partial charge in [-0.3, -0.25) is 4.79 Å². The van der Waals surface area contributed by atoms with E-state index in [1.54, 1.807) is 0 Å². The van der Waals surface area contributed by atoms with Crippen LogP contribution in [0.1, 0.15) is 30.5 Å². The van der Waals surface area contributed by atoms with Crippen LogP contribution in [0.15, 0.2) is 22.7 Å². The van der Waals surface area contributed by atoms with Crippen LogP contribution in [0.3, 0.4) is 0 Å². The molecule has 0 amide bonds. The average molecular weight is 272 g/mol. The molecule has 15 heavy (non-hydrogen) atoms. The van der Waals surface area contributed by atoms with E-state index in [2.05, 4.69) is 15.9 Å². The maximum Gasteiger partial charge on any atom is 0.305 e. The Morgan fingerprint density at radius 1 is 1.60 bits per heavy atom. The first-order valence-corrected chi connectivity index (χ1v) is 5.59. The van der Waals surface area contributed by atoms with E-state index in [0.717, 1.165) is 22.0 Å². The molecule has 1 unspecified atom stereocenters. The molecule has 0 saturated heterocycles. The Balaban J connectivity index is 2.97. The molecule has 0 bridgehead atoms. The normalized spacial score (nSPS) is 12.5. The lowest BCUT2D eigenvalue weighted by Gasteiger charge is -2.14. The molecule has 0 saturated carbocycles.